The van der Waals surface area contributed by atoms with Crippen molar-refractivity contribution in [3.63, 3.8) is 0 Å². The molecule has 0 saturated heterocycles. The van der Waals surface area contributed by atoms with Gasteiger partial charge in [0.1, 0.15) is 0 Å². The van der Waals surface area contributed by atoms with Crippen molar-refractivity contribution in [3.05, 3.63) is 51.1 Å². The molecule has 0 saturated carbocycles. The van der Waals surface area contributed by atoms with Crippen LogP contribution in [-0.2, 0) is 6.54 Å². The Bertz CT molecular complexity index is 681. The summed E-state index contributed by atoms with van der Waals surface area (Å²) in [5, 5.41) is 7.49. The van der Waals surface area contributed by atoms with Gasteiger partial charge in [-0.3, -0.25) is 0 Å². The summed E-state index contributed by atoms with van der Waals surface area (Å²) < 4.78 is 0. The summed E-state index contributed by atoms with van der Waals surface area (Å²) in [6, 6.07) is 7.87. The molecule has 0 unspecified atom stereocenters. The van der Waals surface area contributed by atoms with E-state index in [-0.39, 0.29) is 5.69 Å². The molecule has 3 N–H and O–H groups in total. The molecule has 0 aliphatic heterocycles. The second kappa shape index (κ2) is 4.10. The Labute approximate surface area is 101 Å². The molecule has 1 aromatic carbocycles. The van der Waals surface area contributed by atoms with Gasteiger partial charge >= 0.3 is 5.69 Å². The molecule has 0 aliphatic rings. The number of rotatable bonds is 3. The molecular formula is C12H11N3OS. The molecule has 0 spiro atoms. The first-order chi connectivity index (χ1) is 8.31. The minimum Gasteiger partial charge on any atom is -0.381 e. The monoisotopic (exact) mass is 245 g/mol. The SMILES string of the molecule is O=c1[nH]c2ccc(NCc3ccsc3)cc2[nH]1. The summed E-state index contributed by atoms with van der Waals surface area (Å²) >= 11 is 1.69. The van der Waals surface area contributed by atoms with Gasteiger partial charge in [-0.2, -0.15) is 11.3 Å². The number of nitrogens with one attached hydrogen (secondary N) is 3. The lowest BCUT2D eigenvalue weighted by atomic mass is 10.2. The van der Waals surface area contributed by atoms with E-state index in [0.717, 1.165) is 23.3 Å². The molecule has 0 bridgehead atoms. The summed E-state index contributed by atoms with van der Waals surface area (Å²) in [6.07, 6.45) is 0. The average Bonchev–Trinajstić information content (AvgIpc) is 2.92. The number of aromatic nitrogens is 2. The van der Waals surface area contributed by atoms with Gasteiger partial charge in [-0.15, -0.1) is 0 Å². The molecule has 0 amide bonds. The summed E-state index contributed by atoms with van der Waals surface area (Å²) in [6.45, 7) is 0.795. The number of aromatic amines is 2. The fourth-order valence-corrected chi connectivity index (χ4v) is 2.41. The van der Waals surface area contributed by atoms with E-state index in [4.69, 9.17) is 0 Å². The smallest absolute Gasteiger partial charge is 0.323 e. The molecule has 3 aromatic rings. The van der Waals surface area contributed by atoms with E-state index in [9.17, 15) is 4.79 Å². The topological polar surface area (TPSA) is 60.7 Å². The minimum absolute atomic E-state index is 0.171. The third kappa shape index (κ3) is 2.09. The zero-order valence-corrected chi connectivity index (χ0v) is 9.80. The maximum atomic E-state index is 11.1. The molecule has 4 nitrogen and oxygen atoms in total. The van der Waals surface area contributed by atoms with E-state index in [0.29, 0.717) is 0 Å². The molecule has 0 radical (unpaired) electrons. The van der Waals surface area contributed by atoms with Gasteiger partial charge in [-0.1, -0.05) is 0 Å². The van der Waals surface area contributed by atoms with Crippen LogP contribution in [0.15, 0.2) is 39.8 Å². The van der Waals surface area contributed by atoms with E-state index < -0.39 is 0 Å². The van der Waals surface area contributed by atoms with Gasteiger partial charge in [-0.25, -0.2) is 4.79 Å². The van der Waals surface area contributed by atoms with Gasteiger partial charge in [0, 0.05) is 12.2 Å². The van der Waals surface area contributed by atoms with Crippen LogP contribution in [0.5, 0.6) is 0 Å². The van der Waals surface area contributed by atoms with Crippen LogP contribution in [0.2, 0.25) is 0 Å². The van der Waals surface area contributed by atoms with E-state index >= 15 is 0 Å². The highest BCUT2D eigenvalue weighted by Gasteiger charge is 1.99. The van der Waals surface area contributed by atoms with Crippen molar-refractivity contribution in [3.8, 4) is 0 Å². The molecule has 5 heteroatoms. The summed E-state index contributed by atoms with van der Waals surface area (Å²) in [4.78, 5) is 16.6. The quantitative estimate of drug-likeness (QED) is 0.664. The predicted molar refractivity (Wildman–Crippen MR) is 70.6 cm³/mol. The zero-order valence-electron chi connectivity index (χ0n) is 8.99. The molecule has 17 heavy (non-hydrogen) atoms. The van der Waals surface area contributed by atoms with Gasteiger partial charge in [0.25, 0.3) is 0 Å². The lowest BCUT2D eigenvalue weighted by Crippen LogP contribution is -1.99. The number of hydrogen-bond acceptors (Lipinski definition) is 3. The fraction of sp³-hybridized carbons (Fsp3) is 0.0833. The van der Waals surface area contributed by atoms with Crippen LogP contribution in [0, 0.1) is 0 Å². The van der Waals surface area contributed by atoms with Crippen molar-refractivity contribution < 1.29 is 0 Å². The van der Waals surface area contributed by atoms with E-state index in [1.54, 1.807) is 11.3 Å². The standard InChI is InChI=1S/C12H11N3OS/c16-12-14-10-2-1-9(5-11(10)15-12)13-6-8-3-4-17-7-8/h1-5,7,13H,6H2,(H2,14,15,16). The van der Waals surface area contributed by atoms with E-state index in [1.807, 2.05) is 18.2 Å². The van der Waals surface area contributed by atoms with Gasteiger partial charge in [0.05, 0.1) is 11.0 Å². The van der Waals surface area contributed by atoms with Crippen molar-refractivity contribution in [2.24, 2.45) is 0 Å². The number of benzene rings is 1. The Morgan fingerprint density at radius 1 is 1.18 bits per heavy atom. The maximum absolute atomic E-state index is 11.1. The van der Waals surface area contributed by atoms with E-state index in [1.165, 1.54) is 5.56 Å². The molecular weight excluding hydrogens is 234 g/mol. The van der Waals surface area contributed by atoms with Crippen molar-refractivity contribution in [1.29, 1.82) is 0 Å². The summed E-state index contributed by atoms with van der Waals surface area (Å²) in [5.74, 6) is 0. The number of imidazole rings is 1. The maximum Gasteiger partial charge on any atom is 0.323 e. The molecule has 86 valence electrons. The molecule has 0 fully saturated rings. The van der Waals surface area contributed by atoms with Crippen LogP contribution in [-0.4, -0.2) is 9.97 Å². The van der Waals surface area contributed by atoms with Gasteiger partial charge < -0.3 is 15.3 Å². The lowest BCUT2D eigenvalue weighted by Gasteiger charge is -2.04. The Kier molecular flexibility index (Phi) is 2.45. The molecule has 0 atom stereocenters. The first kappa shape index (κ1) is 10.2. The Balaban J connectivity index is 1.83. The van der Waals surface area contributed by atoms with Crippen molar-refractivity contribution >= 4 is 28.1 Å². The number of hydrogen-bond donors (Lipinski definition) is 3. The first-order valence-corrected chi connectivity index (χ1v) is 6.22. The second-order valence-corrected chi connectivity index (χ2v) is 4.60. The van der Waals surface area contributed by atoms with Crippen LogP contribution < -0.4 is 11.0 Å². The van der Waals surface area contributed by atoms with Crippen molar-refractivity contribution in [2.45, 2.75) is 6.54 Å². The number of thiophene rings is 1. The number of anilines is 1. The van der Waals surface area contributed by atoms with Crippen LogP contribution in [0.4, 0.5) is 5.69 Å². The second-order valence-electron chi connectivity index (χ2n) is 3.82. The van der Waals surface area contributed by atoms with Crippen LogP contribution in [0.1, 0.15) is 5.56 Å². The highest BCUT2D eigenvalue weighted by atomic mass is 32.1. The van der Waals surface area contributed by atoms with Gasteiger partial charge in [0.15, 0.2) is 0 Å². The first-order valence-electron chi connectivity index (χ1n) is 5.28. The normalized spacial score (nSPS) is 10.8. The molecule has 0 aliphatic carbocycles. The Morgan fingerprint density at radius 2 is 2.06 bits per heavy atom. The highest BCUT2D eigenvalue weighted by Crippen LogP contribution is 2.16. The van der Waals surface area contributed by atoms with Gasteiger partial charge in [0.2, 0.25) is 0 Å². The largest absolute Gasteiger partial charge is 0.381 e. The fourth-order valence-electron chi connectivity index (χ4n) is 1.74. The lowest BCUT2D eigenvalue weighted by molar-refractivity contribution is 1.17. The van der Waals surface area contributed by atoms with Crippen LogP contribution in [0.25, 0.3) is 11.0 Å². The van der Waals surface area contributed by atoms with Gasteiger partial charge in [-0.05, 0) is 40.6 Å². The molecule has 3 rings (SSSR count). The molecule has 2 aromatic heterocycles. The molecule has 2 heterocycles. The third-order valence-electron chi connectivity index (χ3n) is 2.59. The van der Waals surface area contributed by atoms with Crippen LogP contribution >= 0.6 is 11.3 Å². The average molecular weight is 245 g/mol. The Hall–Kier alpha value is -2.01. The third-order valence-corrected chi connectivity index (χ3v) is 3.32. The van der Waals surface area contributed by atoms with E-state index in [2.05, 4.69) is 32.1 Å². The van der Waals surface area contributed by atoms with Crippen molar-refractivity contribution in [2.75, 3.05) is 5.32 Å². The predicted octanol–water partition coefficient (Wildman–Crippen LogP) is 2.53. The number of fused-ring (bicyclic) bond motifs is 1. The minimum atomic E-state index is -0.171. The summed E-state index contributed by atoms with van der Waals surface area (Å²) in [7, 11) is 0. The Morgan fingerprint density at radius 3 is 2.88 bits per heavy atom. The zero-order chi connectivity index (χ0) is 11.7. The number of H-pyrrole nitrogens is 2. The highest BCUT2D eigenvalue weighted by molar-refractivity contribution is 7.07. The summed E-state index contributed by atoms with van der Waals surface area (Å²) in [5.41, 5.74) is 3.74. The van der Waals surface area contributed by atoms with Crippen LogP contribution in [0.3, 0.4) is 0 Å². The van der Waals surface area contributed by atoms with Crippen molar-refractivity contribution in [1.82, 2.24) is 9.97 Å².